The van der Waals surface area contributed by atoms with Crippen molar-refractivity contribution in [3.05, 3.63) is 28.3 Å². The zero-order valence-electron chi connectivity index (χ0n) is 15.5. The Morgan fingerprint density at radius 1 is 1.37 bits per heavy atom. The number of nitrogens with zero attached hydrogens (tertiary/aromatic N) is 2. The van der Waals surface area contributed by atoms with Crippen LogP contribution >= 0.6 is 11.6 Å². The molecule has 0 aliphatic heterocycles. The van der Waals surface area contributed by atoms with Crippen molar-refractivity contribution in [2.24, 2.45) is 0 Å². The molecule has 0 saturated heterocycles. The smallest absolute Gasteiger partial charge is 0.262 e. The van der Waals surface area contributed by atoms with Crippen LogP contribution in [-0.4, -0.2) is 50.1 Å². The van der Waals surface area contributed by atoms with Crippen LogP contribution in [0.25, 0.3) is 6.08 Å². The molecule has 2 amide bonds. The van der Waals surface area contributed by atoms with Gasteiger partial charge in [-0.15, -0.1) is 0 Å². The van der Waals surface area contributed by atoms with E-state index < -0.39 is 5.91 Å². The molecule has 0 bridgehead atoms. The van der Waals surface area contributed by atoms with Crippen LogP contribution in [0.1, 0.15) is 25.3 Å². The summed E-state index contributed by atoms with van der Waals surface area (Å²) in [4.78, 5) is 25.2. The van der Waals surface area contributed by atoms with Gasteiger partial charge in [0.2, 0.25) is 0 Å². The van der Waals surface area contributed by atoms with Crippen LogP contribution in [0.3, 0.4) is 0 Å². The van der Waals surface area contributed by atoms with Crippen LogP contribution in [0.5, 0.6) is 11.5 Å². The van der Waals surface area contributed by atoms with E-state index in [1.165, 1.54) is 11.0 Å². The first-order valence-electron chi connectivity index (χ1n) is 8.57. The first kappa shape index (κ1) is 20.6. The minimum Gasteiger partial charge on any atom is -0.490 e. The van der Waals surface area contributed by atoms with Crippen molar-refractivity contribution >= 4 is 29.5 Å². The lowest BCUT2D eigenvalue weighted by atomic mass is 10.1. The van der Waals surface area contributed by atoms with Crippen LogP contribution in [0.15, 0.2) is 17.7 Å². The average Bonchev–Trinajstić information content (AvgIpc) is 3.42. The first-order valence-corrected chi connectivity index (χ1v) is 8.95. The number of ether oxygens (including phenoxy) is 2. The number of nitrogens with one attached hydrogen (secondary N) is 1. The van der Waals surface area contributed by atoms with Crippen molar-refractivity contribution in [1.29, 1.82) is 5.26 Å². The predicted octanol–water partition coefficient (Wildman–Crippen LogP) is 2.39. The zero-order valence-corrected chi connectivity index (χ0v) is 16.3. The van der Waals surface area contributed by atoms with Gasteiger partial charge in [0.15, 0.2) is 18.1 Å². The summed E-state index contributed by atoms with van der Waals surface area (Å²) >= 11 is 6.29. The van der Waals surface area contributed by atoms with Crippen molar-refractivity contribution in [2.45, 2.75) is 25.8 Å². The lowest BCUT2D eigenvalue weighted by Crippen LogP contribution is -2.27. The molecule has 27 heavy (non-hydrogen) atoms. The molecule has 0 aromatic heterocycles. The highest BCUT2D eigenvalue weighted by Crippen LogP contribution is 2.37. The quantitative estimate of drug-likeness (QED) is 0.542. The van der Waals surface area contributed by atoms with E-state index >= 15 is 0 Å². The molecular formula is C19H22ClN3O4. The van der Waals surface area contributed by atoms with E-state index in [4.69, 9.17) is 21.1 Å². The summed E-state index contributed by atoms with van der Waals surface area (Å²) in [6.45, 7) is 1.97. The molecule has 1 aromatic carbocycles. The SMILES string of the molecule is CCOc1cc(/C=C(\C#N)C(=O)NC2CC2)cc(Cl)c1OCC(=O)N(C)C. The third-order valence-corrected chi connectivity index (χ3v) is 4.04. The van der Waals surface area contributed by atoms with Crippen molar-refractivity contribution in [3.8, 4) is 17.6 Å². The Morgan fingerprint density at radius 2 is 2.07 bits per heavy atom. The summed E-state index contributed by atoms with van der Waals surface area (Å²) < 4.78 is 11.1. The molecule has 1 fully saturated rings. The summed E-state index contributed by atoms with van der Waals surface area (Å²) in [7, 11) is 3.25. The molecule has 2 rings (SSSR count). The van der Waals surface area contributed by atoms with E-state index in [1.807, 2.05) is 6.07 Å². The first-order chi connectivity index (χ1) is 12.8. The molecule has 1 aliphatic carbocycles. The molecule has 0 spiro atoms. The minimum absolute atomic E-state index is 0.0168. The molecule has 0 radical (unpaired) electrons. The van der Waals surface area contributed by atoms with E-state index in [1.54, 1.807) is 33.2 Å². The summed E-state index contributed by atoms with van der Waals surface area (Å²) in [5, 5.41) is 12.3. The molecule has 1 saturated carbocycles. The fourth-order valence-electron chi connectivity index (χ4n) is 2.14. The second kappa shape index (κ2) is 9.28. The average molecular weight is 392 g/mol. The number of hydrogen-bond donors (Lipinski definition) is 1. The fourth-order valence-corrected chi connectivity index (χ4v) is 2.42. The maximum absolute atomic E-state index is 12.1. The van der Waals surface area contributed by atoms with Crippen LogP contribution in [0.4, 0.5) is 0 Å². The lowest BCUT2D eigenvalue weighted by molar-refractivity contribution is -0.130. The van der Waals surface area contributed by atoms with Crippen molar-refractivity contribution < 1.29 is 19.1 Å². The largest absolute Gasteiger partial charge is 0.490 e. The molecule has 0 unspecified atom stereocenters. The van der Waals surface area contributed by atoms with Crippen molar-refractivity contribution in [3.63, 3.8) is 0 Å². The second-order valence-electron chi connectivity index (χ2n) is 6.26. The normalized spacial score (nSPS) is 13.5. The Bertz CT molecular complexity index is 795. The van der Waals surface area contributed by atoms with Gasteiger partial charge in [-0.3, -0.25) is 9.59 Å². The molecule has 0 heterocycles. The van der Waals surface area contributed by atoms with Crippen LogP contribution in [-0.2, 0) is 9.59 Å². The third kappa shape index (κ3) is 5.90. The van der Waals surface area contributed by atoms with Gasteiger partial charge in [0.05, 0.1) is 11.6 Å². The molecule has 0 atom stereocenters. The van der Waals surface area contributed by atoms with Crippen LogP contribution in [0, 0.1) is 11.3 Å². The Balaban J connectivity index is 2.27. The standard InChI is InChI=1S/C19H22ClN3O4/c1-4-26-16-9-12(7-13(10-21)19(25)22-14-5-6-14)8-15(20)18(16)27-11-17(24)23(2)3/h7-9,14H,4-6,11H2,1-3H3,(H,22,25)/b13-7+. The van der Waals surface area contributed by atoms with E-state index in [9.17, 15) is 14.9 Å². The number of hydrogen-bond acceptors (Lipinski definition) is 5. The lowest BCUT2D eigenvalue weighted by Gasteiger charge is -2.16. The number of carbonyl (C=O) groups is 2. The highest BCUT2D eigenvalue weighted by Gasteiger charge is 2.25. The Labute approximate surface area is 163 Å². The van der Waals surface area contributed by atoms with E-state index in [0.717, 1.165) is 12.8 Å². The van der Waals surface area contributed by atoms with Crippen LogP contribution in [0.2, 0.25) is 5.02 Å². The molecular weight excluding hydrogens is 370 g/mol. The van der Waals surface area contributed by atoms with Gasteiger partial charge in [-0.2, -0.15) is 5.26 Å². The Kier molecular flexibility index (Phi) is 7.08. The maximum atomic E-state index is 12.1. The van der Waals surface area contributed by atoms with Crippen molar-refractivity contribution in [2.75, 3.05) is 27.3 Å². The summed E-state index contributed by atoms with van der Waals surface area (Å²) in [6.07, 6.45) is 3.31. The van der Waals surface area contributed by atoms with Gasteiger partial charge in [0.25, 0.3) is 11.8 Å². The highest BCUT2D eigenvalue weighted by atomic mass is 35.5. The molecule has 8 heteroatoms. The summed E-state index contributed by atoms with van der Waals surface area (Å²) in [5.74, 6) is -0.0542. The van der Waals surface area contributed by atoms with E-state index in [-0.39, 0.29) is 34.9 Å². The van der Waals surface area contributed by atoms with Gasteiger partial charge in [-0.25, -0.2) is 0 Å². The topological polar surface area (TPSA) is 91.7 Å². The molecule has 1 aromatic rings. The molecule has 1 aliphatic rings. The summed E-state index contributed by atoms with van der Waals surface area (Å²) in [6, 6.07) is 5.23. The number of nitriles is 1. The van der Waals surface area contributed by atoms with Gasteiger partial charge >= 0.3 is 0 Å². The third-order valence-electron chi connectivity index (χ3n) is 3.76. The molecule has 144 valence electrons. The monoisotopic (exact) mass is 391 g/mol. The van der Waals surface area contributed by atoms with Gasteiger partial charge < -0.3 is 19.7 Å². The van der Waals surface area contributed by atoms with Crippen LogP contribution < -0.4 is 14.8 Å². The number of likely N-dealkylation sites (N-methyl/N-ethyl adjacent to an activating group) is 1. The number of rotatable bonds is 8. The highest BCUT2D eigenvalue weighted by molar-refractivity contribution is 6.32. The fraction of sp³-hybridized carbons (Fsp3) is 0.421. The summed E-state index contributed by atoms with van der Waals surface area (Å²) in [5.41, 5.74) is 0.508. The van der Waals surface area contributed by atoms with Gasteiger partial charge in [-0.1, -0.05) is 11.6 Å². The van der Waals surface area contributed by atoms with Gasteiger partial charge in [0.1, 0.15) is 11.6 Å². The number of carbonyl (C=O) groups excluding carboxylic acids is 2. The predicted molar refractivity (Wildman–Crippen MR) is 102 cm³/mol. The maximum Gasteiger partial charge on any atom is 0.262 e. The number of benzene rings is 1. The molecule has 7 nitrogen and oxygen atoms in total. The minimum atomic E-state index is -0.411. The van der Waals surface area contributed by atoms with Crippen molar-refractivity contribution in [1.82, 2.24) is 10.2 Å². The zero-order chi connectivity index (χ0) is 20.0. The number of halogens is 1. The Morgan fingerprint density at radius 3 is 2.63 bits per heavy atom. The Hall–Kier alpha value is -2.72. The van der Waals surface area contributed by atoms with E-state index in [0.29, 0.717) is 17.9 Å². The number of amides is 2. The molecule has 1 N–H and O–H groups in total. The second-order valence-corrected chi connectivity index (χ2v) is 6.66. The van der Waals surface area contributed by atoms with E-state index in [2.05, 4.69) is 5.32 Å². The van der Waals surface area contributed by atoms with Gasteiger partial charge in [-0.05, 0) is 43.5 Å². The van der Waals surface area contributed by atoms with Gasteiger partial charge in [0, 0.05) is 20.1 Å².